The minimum Gasteiger partial charge on any atom is -0.388 e. The fourth-order valence-electron chi connectivity index (χ4n) is 1.98. The van der Waals surface area contributed by atoms with E-state index in [1.165, 1.54) is 0 Å². The fourth-order valence-corrected chi connectivity index (χ4v) is 2.73. The van der Waals surface area contributed by atoms with Crippen molar-refractivity contribution in [1.29, 1.82) is 0 Å². The van der Waals surface area contributed by atoms with E-state index in [1.54, 1.807) is 23.1 Å². The van der Waals surface area contributed by atoms with E-state index in [4.69, 9.17) is 4.42 Å². The number of benzene rings is 2. The van der Waals surface area contributed by atoms with E-state index in [1.807, 2.05) is 37.4 Å². The Hall–Kier alpha value is -1.89. The first-order valence-electron chi connectivity index (χ1n) is 6.05. The van der Waals surface area contributed by atoms with Crippen LogP contribution >= 0.6 is 22.6 Å². The second-order valence-corrected chi connectivity index (χ2v) is 5.47. The largest absolute Gasteiger partial charge is 0.388 e. The zero-order valence-corrected chi connectivity index (χ0v) is 12.9. The van der Waals surface area contributed by atoms with Crippen molar-refractivity contribution in [3.8, 4) is 0 Å². The highest BCUT2D eigenvalue weighted by Gasteiger charge is 2.13. The lowest BCUT2D eigenvalue weighted by atomic mass is 10.2. The van der Waals surface area contributed by atoms with E-state index >= 15 is 0 Å². The van der Waals surface area contributed by atoms with E-state index in [-0.39, 0.29) is 11.6 Å². The summed E-state index contributed by atoms with van der Waals surface area (Å²) in [7, 11) is 1.83. The molecular formula is C15H11IN2O2. The normalized spacial score (nSPS) is 10.7. The van der Waals surface area contributed by atoms with Crippen LogP contribution < -0.4 is 10.5 Å². The SMILES string of the molecule is CN(c1nc2ccccc2c(=O)o1)c1ccccc1I. The number of para-hydroxylation sites is 2. The number of fused-ring (bicyclic) bond motifs is 1. The predicted molar refractivity (Wildman–Crippen MR) is 87.5 cm³/mol. The van der Waals surface area contributed by atoms with Crippen LogP contribution in [0.1, 0.15) is 0 Å². The molecule has 0 aliphatic rings. The average Bonchev–Trinajstić information content (AvgIpc) is 2.47. The molecule has 3 rings (SSSR count). The maximum atomic E-state index is 12.0. The summed E-state index contributed by atoms with van der Waals surface area (Å²) in [5.41, 5.74) is 1.21. The molecule has 1 heterocycles. The van der Waals surface area contributed by atoms with Crippen LogP contribution in [0.4, 0.5) is 11.7 Å². The van der Waals surface area contributed by atoms with Gasteiger partial charge in [0.15, 0.2) is 0 Å². The Morgan fingerprint density at radius 1 is 1.10 bits per heavy atom. The van der Waals surface area contributed by atoms with Gasteiger partial charge in [-0.1, -0.05) is 24.3 Å². The van der Waals surface area contributed by atoms with Crippen molar-refractivity contribution in [3.05, 3.63) is 62.5 Å². The molecule has 0 fully saturated rings. The van der Waals surface area contributed by atoms with Crippen molar-refractivity contribution < 1.29 is 4.42 Å². The highest BCUT2D eigenvalue weighted by molar-refractivity contribution is 14.1. The maximum absolute atomic E-state index is 12.0. The van der Waals surface area contributed by atoms with Gasteiger partial charge in [0.1, 0.15) is 0 Å². The molecule has 0 unspecified atom stereocenters. The standard InChI is InChI=1S/C15H11IN2O2/c1-18(13-9-5-3-7-11(13)16)15-17-12-8-4-2-6-10(12)14(19)20-15/h2-9H,1H3. The molecule has 0 bridgehead atoms. The van der Waals surface area contributed by atoms with Crippen molar-refractivity contribution in [2.75, 3.05) is 11.9 Å². The molecule has 5 heteroatoms. The number of rotatable bonds is 2. The molecule has 0 saturated carbocycles. The quantitative estimate of drug-likeness (QED) is 0.640. The van der Waals surface area contributed by atoms with Gasteiger partial charge in [0, 0.05) is 10.6 Å². The zero-order valence-electron chi connectivity index (χ0n) is 10.7. The molecule has 0 N–H and O–H groups in total. The van der Waals surface area contributed by atoms with Crippen molar-refractivity contribution in [2.45, 2.75) is 0 Å². The van der Waals surface area contributed by atoms with Gasteiger partial charge in [-0.15, -0.1) is 0 Å². The van der Waals surface area contributed by atoms with E-state index in [0.29, 0.717) is 10.9 Å². The summed E-state index contributed by atoms with van der Waals surface area (Å²) in [5.74, 6) is 0. The molecule has 0 atom stereocenters. The first-order chi connectivity index (χ1) is 9.66. The maximum Gasteiger partial charge on any atom is 0.348 e. The van der Waals surface area contributed by atoms with Gasteiger partial charge in [0.05, 0.1) is 16.6 Å². The third-order valence-corrected chi connectivity index (χ3v) is 3.94. The number of anilines is 2. The van der Waals surface area contributed by atoms with Gasteiger partial charge in [-0.25, -0.2) is 4.79 Å². The topological polar surface area (TPSA) is 46.3 Å². The van der Waals surface area contributed by atoms with E-state index in [2.05, 4.69) is 27.6 Å². The summed E-state index contributed by atoms with van der Waals surface area (Å²) in [6, 6.07) is 15.3. The monoisotopic (exact) mass is 378 g/mol. The molecule has 20 heavy (non-hydrogen) atoms. The second kappa shape index (κ2) is 5.24. The molecule has 2 aromatic carbocycles. The van der Waals surface area contributed by atoms with Crippen LogP contribution in [0.25, 0.3) is 10.9 Å². The van der Waals surface area contributed by atoms with Gasteiger partial charge in [0.2, 0.25) is 0 Å². The lowest BCUT2D eigenvalue weighted by Gasteiger charge is -2.17. The van der Waals surface area contributed by atoms with Crippen LogP contribution in [0.3, 0.4) is 0 Å². The van der Waals surface area contributed by atoms with Gasteiger partial charge in [-0.3, -0.25) is 4.90 Å². The van der Waals surface area contributed by atoms with Gasteiger partial charge < -0.3 is 4.42 Å². The molecule has 0 amide bonds. The molecule has 100 valence electrons. The second-order valence-electron chi connectivity index (χ2n) is 4.31. The zero-order chi connectivity index (χ0) is 14.1. The van der Waals surface area contributed by atoms with Gasteiger partial charge in [0.25, 0.3) is 0 Å². The average molecular weight is 378 g/mol. The van der Waals surface area contributed by atoms with Crippen LogP contribution in [0.2, 0.25) is 0 Å². The highest BCUT2D eigenvalue weighted by atomic mass is 127. The Morgan fingerprint density at radius 3 is 2.60 bits per heavy atom. The predicted octanol–water partition coefficient (Wildman–Crippen LogP) is 3.56. The molecular weight excluding hydrogens is 367 g/mol. The Kier molecular flexibility index (Phi) is 3.43. The van der Waals surface area contributed by atoms with Gasteiger partial charge in [-0.05, 0) is 46.9 Å². The minimum atomic E-state index is -0.372. The lowest BCUT2D eigenvalue weighted by molar-refractivity contribution is 0.507. The molecule has 0 radical (unpaired) electrons. The van der Waals surface area contributed by atoms with Crippen LogP contribution in [-0.2, 0) is 0 Å². The van der Waals surface area contributed by atoms with Crippen LogP contribution in [-0.4, -0.2) is 12.0 Å². The molecule has 0 aliphatic carbocycles. The summed E-state index contributed by atoms with van der Waals surface area (Å²) in [6.07, 6.45) is 0. The number of aromatic nitrogens is 1. The Bertz CT molecular complexity index is 829. The third kappa shape index (κ3) is 2.29. The number of hydrogen-bond acceptors (Lipinski definition) is 4. The van der Waals surface area contributed by atoms with E-state index < -0.39 is 0 Å². The summed E-state index contributed by atoms with van der Waals surface area (Å²) in [4.78, 5) is 18.2. The van der Waals surface area contributed by atoms with Crippen molar-refractivity contribution in [2.24, 2.45) is 0 Å². The molecule has 0 spiro atoms. The number of halogens is 1. The summed E-state index contributed by atoms with van der Waals surface area (Å²) >= 11 is 2.24. The summed E-state index contributed by atoms with van der Waals surface area (Å²) < 4.78 is 6.38. The number of nitrogens with zero attached hydrogens (tertiary/aromatic N) is 2. The Labute approximate surface area is 129 Å². The fraction of sp³-hybridized carbons (Fsp3) is 0.0667. The molecule has 3 aromatic rings. The van der Waals surface area contributed by atoms with Gasteiger partial charge >= 0.3 is 11.6 Å². The molecule has 4 nitrogen and oxygen atoms in total. The third-order valence-electron chi connectivity index (χ3n) is 3.02. The van der Waals surface area contributed by atoms with E-state index in [9.17, 15) is 4.79 Å². The lowest BCUT2D eigenvalue weighted by Crippen LogP contribution is -2.15. The highest BCUT2D eigenvalue weighted by Crippen LogP contribution is 2.26. The Balaban J connectivity index is 2.15. The molecule has 0 aliphatic heterocycles. The minimum absolute atomic E-state index is 0.290. The van der Waals surface area contributed by atoms with Crippen LogP contribution in [0.5, 0.6) is 0 Å². The Morgan fingerprint density at radius 2 is 1.80 bits per heavy atom. The smallest absolute Gasteiger partial charge is 0.348 e. The van der Waals surface area contributed by atoms with Crippen molar-refractivity contribution >= 4 is 45.2 Å². The number of hydrogen-bond donors (Lipinski definition) is 0. The summed E-state index contributed by atoms with van der Waals surface area (Å²) in [6.45, 7) is 0. The van der Waals surface area contributed by atoms with Gasteiger partial charge in [-0.2, -0.15) is 4.98 Å². The molecule has 1 aromatic heterocycles. The van der Waals surface area contributed by atoms with Crippen LogP contribution in [0.15, 0.2) is 57.7 Å². The van der Waals surface area contributed by atoms with E-state index in [0.717, 1.165) is 9.26 Å². The van der Waals surface area contributed by atoms with Crippen molar-refractivity contribution in [1.82, 2.24) is 4.98 Å². The summed E-state index contributed by atoms with van der Waals surface area (Å²) in [5, 5.41) is 0.493. The van der Waals surface area contributed by atoms with Crippen LogP contribution in [0, 0.1) is 3.57 Å². The van der Waals surface area contributed by atoms with Crippen molar-refractivity contribution in [3.63, 3.8) is 0 Å². The first-order valence-corrected chi connectivity index (χ1v) is 7.13. The first kappa shape index (κ1) is 13.1. The molecule has 0 saturated heterocycles.